The number of benzene rings is 1. The highest BCUT2D eigenvalue weighted by Crippen LogP contribution is 2.32. The number of carbonyl (C=O) groups excluding carboxylic acids is 1. The number of amides is 1. The summed E-state index contributed by atoms with van der Waals surface area (Å²) in [6.45, 7) is 2.39. The Hall–Kier alpha value is -2.96. The summed E-state index contributed by atoms with van der Waals surface area (Å²) in [7, 11) is 0. The lowest BCUT2D eigenvalue weighted by molar-refractivity contribution is 0.0567. The Morgan fingerprint density at radius 2 is 2.23 bits per heavy atom. The maximum atomic E-state index is 13.5. The van der Waals surface area contributed by atoms with Crippen LogP contribution in [-0.4, -0.2) is 32.3 Å². The van der Waals surface area contributed by atoms with Crippen molar-refractivity contribution in [3.8, 4) is 11.3 Å². The lowest BCUT2D eigenvalue weighted by Crippen LogP contribution is -2.39. The molecule has 3 heterocycles. The van der Waals surface area contributed by atoms with Crippen LogP contribution >= 0.6 is 0 Å². The highest BCUT2D eigenvalue weighted by molar-refractivity contribution is 5.92. The third-order valence-corrected chi connectivity index (χ3v) is 4.75. The molecule has 1 aliphatic rings. The number of aromatic nitrogens is 3. The third kappa shape index (κ3) is 3.00. The Morgan fingerprint density at radius 1 is 1.35 bits per heavy atom. The van der Waals surface area contributed by atoms with Crippen molar-refractivity contribution < 1.29 is 13.6 Å². The van der Waals surface area contributed by atoms with Crippen molar-refractivity contribution in [2.75, 3.05) is 6.54 Å². The number of nitrogens with zero attached hydrogens (tertiary/aromatic N) is 3. The lowest BCUT2D eigenvalue weighted by atomic mass is 10.0. The average Bonchev–Trinajstić information content (AvgIpc) is 3.30. The van der Waals surface area contributed by atoms with Gasteiger partial charge in [-0.1, -0.05) is 12.1 Å². The Morgan fingerprint density at radius 3 is 3.00 bits per heavy atom. The zero-order valence-corrected chi connectivity index (χ0v) is 14.4. The molecule has 1 N–H and O–H groups in total. The largest absolute Gasteiger partial charge is 0.438 e. The molecule has 1 aliphatic heterocycles. The summed E-state index contributed by atoms with van der Waals surface area (Å²) in [5.41, 5.74) is 2.04. The molecule has 0 radical (unpaired) electrons. The van der Waals surface area contributed by atoms with E-state index in [1.54, 1.807) is 24.1 Å². The minimum Gasteiger partial charge on any atom is -0.438 e. The zero-order chi connectivity index (χ0) is 18.1. The van der Waals surface area contributed by atoms with E-state index in [4.69, 9.17) is 4.42 Å². The van der Waals surface area contributed by atoms with Gasteiger partial charge in [-0.25, -0.2) is 14.4 Å². The second kappa shape index (κ2) is 6.74. The van der Waals surface area contributed by atoms with Crippen LogP contribution in [0.1, 0.15) is 47.4 Å². The number of halogens is 1. The number of hydrogen-bond acceptors (Lipinski definition) is 4. The topological polar surface area (TPSA) is 75.0 Å². The molecule has 0 bridgehead atoms. The van der Waals surface area contributed by atoms with Crippen LogP contribution in [0.15, 0.2) is 41.3 Å². The summed E-state index contributed by atoms with van der Waals surface area (Å²) in [6.07, 6.45) is 5.74. The fourth-order valence-corrected chi connectivity index (χ4v) is 3.41. The number of likely N-dealkylation sites (tertiary alicyclic amines) is 1. The first-order valence-corrected chi connectivity index (χ1v) is 8.65. The van der Waals surface area contributed by atoms with E-state index in [1.807, 2.05) is 6.07 Å². The van der Waals surface area contributed by atoms with E-state index in [0.29, 0.717) is 18.1 Å². The van der Waals surface area contributed by atoms with Gasteiger partial charge in [0.05, 0.1) is 23.6 Å². The fourth-order valence-electron chi connectivity index (χ4n) is 3.41. The van der Waals surface area contributed by atoms with Gasteiger partial charge < -0.3 is 14.3 Å². The first-order chi connectivity index (χ1) is 12.6. The second-order valence-electron chi connectivity index (χ2n) is 6.47. The van der Waals surface area contributed by atoms with E-state index < -0.39 is 0 Å². The highest BCUT2D eigenvalue weighted by atomic mass is 19.1. The smallest absolute Gasteiger partial charge is 0.292 e. The van der Waals surface area contributed by atoms with Crippen LogP contribution in [0.5, 0.6) is 0 Å². The van der Waals surface area contributed by atoms with Crippen LogP contribution in [-0.2, 0) is 0 Å². The number of piperidine rings is 1. The van der Waals surface area contributed by atoms with Gasteiger partial charge in [-0.2, -0.15) is 0 Å². The average molecular weight is 354 g/mol. The SMILES string of the molecule is Cc1ncoc1C(=O)N1CCCC[C@H]1c1ncc(-c2cccc(F)c2)[nH]1. The van der Waals surface area contributed by atoms with Crippen LogP contribution in [0.4, 0.5) is 4.39 Å². The van der Waals surface area contributed by atoms with Crippen LogP contribution in [0.3, 0.4) is 0 Å². The molecule has 2 aromatic heterocycles. The molecule has 0 saturated carbocycles. The normalized spacial score (nSPS) is 17.5. The number of hydrogen-bond donors (Lipinski definition) is 1. The van der Waals surface area contributed by atoms with Crippen molar-refractivity contribution in [3.05, 3.63) is 60.0 Å². The predicted octanol–water partition coefficient (Wildman–Crippen LogP) is 3.88. The highest BCUT2D eigenvalue weighted by Gasteiger charge is 2.33. The Bertz CT molecular complexity index is 933. The monoisotopic (exact) mass is 354 g/mol. The number of imidazole rings is 1. The first-order valence-electron chi connectivity index (χ1n) is 8.65. The molecule has 1 saturated heterocycles. The van der Waals surface area contributed by atoms with E-state index in [2.05, 4.69) is 15.0 Å². The summed E-state index contributed by atoms with van der Waals surface area (Å²) in [5, 5.41) is 0. The van der Waals surface area contributed by atoms with Gasteiger partial charge >= 0.3 is 0 Å². The summed E-state index contributed by atoms with van der Waals surface area (Å²) in [6, 6.07) is 6.18. The minimum atomic E-state index is -0.297. The number of oxazole rings is 1. The number of aryl methyl sites for hydroxylation is 1. The van der Waals surface area contributed by atoms with Crippen molar-refractivity contribution in [1.29, 1.82) is 0 Å². The molecule has 1 fully saturated rings. The van der Waals surface area contributed by atoms with Crippen LogP contribution in [0.25, 0.3) is 11.3 Å². The fraction of sp³-hybridized carbons (Fsp3) is 0.316. The molecule has 0 spiro atoms. The van der Waals surface area contributed by atoms with Gasteiger partial charge in [0, 0.05) is 12.1 Å². The number of rotatable bonds is 3. The predicted molar refractivity (Wildman–Crippen MR) is 92.9 cm³/mol. The zero-order valence-electron chi connectivity index (χ0n) is 14.4. The maximum Gasteiger partial charge on any atom is 0.292 e. The lowest BCUT2D eigenvalue weighted by Gasteiger charge is -2.34. The molecule has 3 aromatic rings. The summed E-state index contributed by atoms with van der Waals surface area (Å²) < 4.78 is 18.8. The van der Waals surface area contributed by atoms with Crippen LogP contribution in [0.2, 0.25) is 0 Å². The Balaban J connectivity index is 1.63. The van der Waals surface area contributed by atoms with E-state index in [1.165, 1.54) is 18.5 Å². The van der Waals surface area contributed by atoms with Crippen molar-refractivity contribution in [2.24, 2.45) is 0 Å². The van der Waals surface area contributed by atoms with Gasteiger partial charge in [0.25, 0.3) is 5.91 Å². The van der Waals surface area contributed by atoms with Crippen LogP contribution < -0.4 is 0 Å². The van der Waals surface area contributed by atoms with Gasteiger partial charge in [0.1, 0.15) is 11.6 Å². The van der Waals surface area contributed by atoms with Crippen molar-refractivity contribution in [2.45, 2.75) is 32.2 Å². The van der Waals surface area contributed by atoms with Crippen LogP contribution in [0, 0.1) is 12.7 Å². The van der Waals surface area contributed by atoms with Gasteiger partial charge in [-0.15, -0.1) is 0 Å². The molecule has 26 heavy (non-hydrogen) atoms. The molecule has 134 valence electrons. The molecule has 0 unspecified atom stereocenters. The maximum absolute atomic E-state index is 13.5. The van der Waals surface area contributed by atoms with Gasteiger partial charge in [0.2, 0.25) is 5.76 Å². The molecule has 1 amide bonds. The molecule has 1 atom stereocenters. The molecule has 1 aromatic carbocycles. The van der Waals surface area contributed by atoms with Gasteiger partial charge in [-0.05, 0) is 38.3 Å². The van der Waals surface area contributed by atoms with E-state index in [-0.39, 0.29) is 23.5 Å². The Labute approximate surface area is 150 Å². The van der Waals surface area contributed by atoms with Crippen molar-refractivity contribution in [1.82, 2.24) is 19.9 Å². The van der Waals surface area contributed by atoms with E-state index >= 15 is 0 Å². The van der Waals surface area contributed by atoms with E-state index in [0.717, 1.165) is 30.5 Å². The molecule has 4 rings (SSSR count). The van der Waals surface area contributed by atoms with Crippen molar-refractivity contribution in [3.63, 3.8) is 0 Å². The van der Waals surface area contributed by atoms with E-state index in [9.17, 15) is 9.18 Å². The molecule has 0 aliphatic carbocycles. The number of nitrogens with one attached hydrogen (secondary N) is 1. The number of aromatic amines is 1. The van der Waals surface area contributed by atoms with Crippen molar-refractivity contribution >= 4 is 5.91 Å². The van der Waals surface area contributed by atoms with Gasteiger partial charge in [0.15, 0.2) is 6.39 Å². The molecule has 7 heteroatoms. The summed E-state index contributed by atoms with van der Waals surface area (Å²) >= 11 is 0. The number of H-pyrrole nitrogens is 1. The quantitative estimate of drug-likeness (QED) is 0.774. The second-order valence-corrected chi connectivity index (χ2v) is 6.47. The molecular weight excluding hydrogens is 335 g/mol. The standard InChI is InChI=1S/C19H19FN4O2/c1-12-17(26-11-22-12)19(25)24-8-3-2-7-16(24)18-21-10-15(23-18)13-5-4-6-14(20)9-13/h4-6,9-11,16H,2-3,7-8H2,1H3,(H,21,23)/t16-/m0/s1. The minimum absolute atomic E-state index is 0.164. The molecular formula is C19H19FN4O2. The summed E-state index contributed by atoms with van der Waals surface area (Å²) in [5.74, 6) is 0.505. The van der Waals surface area contributed by atoms with Gasteiger partial charge in [-0.3, -0.25) is 4.79 Å². The summed E-state index contributed by atoms with van der Waals surface area (Å²) in [4.78, 5) is 26.4. The Kier molecular flexibility index (Phi) is 4.28. The number of carbonyl (C=O) groups is 1. The first kappa shape index (κ1) is 16.5. The molecule has 6 nitrogen and oxygen atoms in total. The third-order valence-electron chi connectivity index (χ3n) is 4.75.